The molecule has 4 atom stereocenters. The monoisotopic (exact) mass is 282 g/mol. The molecule has 0 radical (unpaired) electrons. The maximum Gasteiger partial charge on any atom is 0.0108 e. The molecule has 1 N–H and O–H groups in total. The van der Waals surface area contributed by atoms with Crippen LogP contribution in [0.5, 0.6) is 0 Å². The Hall–Kier alpha value is -0.0800. The van der Waals surface area contributed by atoms with E-state index < -0.39 is 0 Å². The third-order valence-electron chi connectivity index (χ3n) is 4.99. The van der Waals surface area contributed by atoms with E-state index in [-0.39, 0.29) is 0 Å². The van der Waals surface area contributed by atoms with Crippen LogP contribution >= 0.6 is 0 Å². The highest BCUT2D eigenvalue weighted by Gasteiger charge is 2.29. The summed E-state index contributed by atoms with van der Waals surface area (Å²) in [6, 6.07) is 1.46. The lowest BCUT2D eigenvalue weighted by atomic mass is 9.78. The molecule has 2 nitrogen and oxygen atoms in total. The normalized spacial score (nSPS) is 29.1. The second-order valence-corrected chi connectivity index (χ2v) is 7.66. The fourth-order valence-electron chi connectivity index (χ4n) is 3.71. The summed E-state index contributed by atoms with van der Waals surface area (Å²) in [4.78, 5) is 2.60. The van der Waals surface area contributed by atoms with Crippen molar-refractivity contribution in [3.8, 4) is 0 Å². The first-order valence-electron chi connectivity index (χ1n) is 8.87. The molecular weight excluding hydrogens is 244 g/mol. The first-order valence-corrected chi connectivity index (χ1v) is 8.87. The van der Waals surface area contributed by atoms with Gasteiger partial charge in [0, 0.05) is 18.6 Å². The average Bonchev–Trinajstić information content (AvgIpc) is 2.37. The minimum absolute atomic E-state index is 0.707. The second kappa shape index (κ2) is 9.04. The van der Waals surface area contributed by atoms with Gasteiger partial charge in [-0.3, -0.25) is 0 Å². The van der Waals surface area contributed by atoms with Crippen molar-refractivity contribution < 1.29 is 0 Å². The van der Waals surface area contributed by atoms with E-state index in [4.69, 9.17) is 0 Å². The first-order chi connectivity index (χ1) is 9.43. The predicted octanol–water partition coefficient (Wildman–Crippen LogP) is 4.16. The van der Waals surface area contributed by atoms with E-state index in [1.807, 2.05) is 0 Å². The minimum atomic E-state index is 0.707. The Labute approximate surface area is 127 Å². The smallest absolute Gasteiger partial charge is 0.0108 e. The van der Waals surface area contributed by atoms with Gasteiger partial charge in [0.15, 0.2) is 0 Å². The molecule has 0 aromatic rings. The van der Waals surface area contributed by atoms with Crippen LogP contribution in [0.3, 0.4) is 0 Å². The number of hydrogen-bond donors (Lipinski definition) is 1. The summed E-state index contributed by atoms with van der Waals surface area (Å²) in [6.07, 6.45) is 6.74. The van der Waals surface area contributed by atoms with Gasteiger partial charge >= 0.3 is 0 Å². The summed E-state index contributed by atoms with van der Waals surface area (Å²) in [5.74, 6) is 2.55. The van der Waals surface area contributed by atoms with Gasteiger partial charge in [-0.05, 0) is 70.4 Å². The summed E-state index contributed by atoms with van der Waals surface area (Å²) < 4.78 is 0. The van der Waals surface area contributed by atoms with E-state index >= 15 is 0 Å². The quantitative estimate of drug-likeness (QED) is 0.719. The summed E-state index contributed by atoms with van der Waals surface area (Å²) in [6.45, 7) is 14.2. The van der Waals surface area contributed by atoms with Crippen molar-refractivity contribution in [2.24, 2.45) is 17.8 Å². The fraction of sp³-hybridized carbons (Fsp3) is 1.00. The zero-order valence-electron chi connectivity index (χ0n) is 14.8. The lowest BCUT2D eigenvalue weighted by Gasteiger charge is -2.39. The van der Waals surface area contributed by atoms with Gasteiger partial charge in [-0.2, -0.15) is 0 Å². The zero-order valence-corrected chi connectivity index (χ0v) is 14.8. The SMILES string of the molecule is CCCNC1CCC(C)CC1CN(C)C(C)CC(C)C. The highest BCUT2D eigenvalue weighted by molar-refractivity contribution is 4.86. The van der Waals surface area contributed by atoms with Gasteiger partial charge < -0.3 is 10.2 Å². The molecule has 0 amide bonds. The molecule has 4 unspecified atom stereocenters. The minimum Gasteiger partial charge on any atom is -0.314 e. The molecule has 0 heterocycles. The third-order valence-corrected chi connectivity index (χ3v) is 4.99. The van der Waals surface area contributed by atoms with Crippen molar-refractivity contribution >= 4 is 0 Å². The molecule has 0 spiro atoms. The predicted molar refractivity (Wildman–Crippen MR) is 90.1 cm³/mol. The maximum atomic E-state index is 3.80. The Balaban J connectivity index is 2.50. The molecule has 1 aliphatic rings. The first kappa shape index (κ1) is 18.0. The van der Waals surface area contributed by atoms with Gasteiger partial charge in [0.05, 0.1) is 0 Å². The van der Waals surface area contributed by atoms with Crippen molar-refractivity contribution in [1.29, 1.82) is 0 Å². The fourth-order valence-corrected chi connectivity index (χ4v) is 3.71. The number of nitrogens with one attached hydrogen (secondary N) is 1. The standard InChI is InChI=1S/C18H38N2/c1-7-10-19-18-9-8-15(4)12-17(18)13-20(6)16(5)11-14(2)3/h14-19H,7-13H2,1-6H3. The molecule has 120 valence electrons. The van der Waals surface area contributed by atoms with Crippen LogP contribution in [0.15, 0.2) is 0 Å². The Morgan fingerprint density at radius 3 is 2.50 bits per heavy atom. The number of nitrogens with zero attached hydrogens (tertiary/aromatic N) is 1. The summed E-state index contributed by atoms with van der Waals surface area (Å²) in [7, 11) is 2.32. The molecule has 2 heteroatoms. The molecule has 0 aromatic carbocycles. The van der Waals surface area contributed by atoms with Crippen molar-refractivity contribution in [3.63, 3.8) is 0 Å². The van der Waals surface area contributed by atoms with Crippen LogP contribution in [0.4, 0.5) is 0 Å². The summed E-state index contributed by atoms with van der Waals surface area (Å²) >= 11 is 0. The van der Waals surface area contributed by atoms with E-state index in [1.165, 1.54) is 45.2 Å². The Morgan fingerprint density at radius 2 is 1.90 bits per heavy atom. The lowest BCUT2D eigenvalue weighted by Crippen LogP contribution is -2.46. The van der Waals surface area contributed by atoms with E-state index in [1.54, 1.807) is 0 Å². The highest BCUT2D eigenvalue weighted by atomic mass is 15.1. The summed E-state index contributed by atoms with van der Waals surface area (Å²) in [5.41, 5.74) is 0. The third kappa shape index (κ3) is 6.13. The molecular formula is C18H38N2. The molecule has 0 aliphatic heterocycles. The molecule has 1 rings (SSSR count). The van der Waals surface area contributed by atoms with Gasteiger partial charge in [-0.25, -0.2) is 0 Å². The maximum absolute atomic E-state index is 3.80. The highest BCUT2D eigenvalue weighted by Crippen LogP contribution is 2.30. The number of rotatable bonds is 8. The van der Waals surface area contributed by atoms with Crippen LogP contribution < -0.4 is 5.32 Å². The Morgan fingerprint density at radius 1 is 1.20 bits per heavy atom. The van der Waals surface area contributed by atoms with Crippen LogP contribution in [0.2, 0.25) is 0 Å². The van der Waals surface area contributed by atoms with E-state index in [2.05, 4.69) is 51.9 Å². The largest absolute Gasteiger partial charge is 0.314 e. The number of hydrogen-bond acceptors (Lipinski definition) is 2. The summed E-state index contributed by atoms with van der Waals surface area (Å²) in [5, 5.41) is 3.80. The van der Waals surface area contributed by atoms with Gasteiger partial charge in [0.25, 0.3) is 0 Å². The average molecular weight is 283 g/mol. The van der Waals surface area contributed by atoms with Crippen LogP contribution in [-0.4, -0.2) is 37.1 Å². The molecule has 1 aliphatic carbocycles. The van der Waals surface area contributed by atoms with E-state index in [0.29, 0.717) is 6.04 Å². The van der Waals surface area contributed by atoms with Crippen LogP contribution in [0.25, 0.3) is 0 Å². The van der Waals surface area contributed by atoms with Crippen molar-refractivity contribution in [3.05, 3.63) is 0 Å². The second-order valence-electron chi connectivity index (χ2n) is 7.66. The molecule has 1 fully saturated rings. The zero-order chi connectivity index (χ0) is 15.1. The lowest BCUT2D eigenvalue weighted by molar-refractivity contribution is 0.131. The van der Waals surface area contributed by atoms with Crippen molar-refractivity contribution in [2.45, 2.75) is 78.8 Å². The van der Waals surface area contributed by atoms with Crippen LogP contribution in [0, 0.1) is 17.8 Å². The topological polar surface area (TPSA) is 15.3 Å². The van der Waals surface area contributed by atoms with Gasteiger partial charge in [-0.1, -0.05) is 27.7 Å². The molecule has 0 aromatic heterocycles. The van der Waals surface area contributed by atoms with E-state index in [0.717, 1.165) is 23.8 Å². The van der Waals surface area contributed by atoms with Gasteiger partial charge in [-0.15, -0.1) is 0 Å². The van der Waals surface area contributed by atoms with Gasteiger partial charge in [0.1, 0.15) is 0 Å². The van der Waals surface area contributed by atoms with Crippen LogP contribution in [-0.2, 0) is 0 Å². The molecule has 1 saturated carbocycles. The van der Waals surface area contributed by atoms with Crippen LogP contribution in [0.1, 0.15) is 66.7 Å². The molecule has 0 bridgehead atoms. The van der Waals surface area contributed by atoms with Crippen molar-refractivity contribution in [2.75, 3.05) is 20.1 Å². The van der Waals surface area contributed by atoms with Crippen molar-refractivity contribution in [1.82, 2.24) is 10.2 Å². The van der Waals surface area contributed by atoms with Gasteiger partial charge in [0.2, 0.25) is 0 Å². The molecule has 0 saturated heterocycles. The Kier molecular flexibility index (Phi) is 8.13. The molecule has 20 heavy (non-hydrogen) atoms. The Bertz CT molecular complexity index is 250. The van der Waals surface area contributed by atoms with E-state index in [9.17, 15) is 0 Å².